The number of oxazole rings is 1. The minimum Gasteiger partial charge on any atom is -0.408 e. The van der Waals surface area contributed by atoms with E-state index in [-0.39, 0.29) is 31.3 Å². The zero-order valence-corrected chi connectivity index (χ0v) is 17.1. The Balaban J connectivity index is 1.60. The van der Waals surface area contributed by atoms with Gasteiger partial charge in [0.25, 0.3) is 0 Å². The first-order valence-corrected chi connectivity index (χ1v) is 9.46. The van der Waals surface area contributed by atoms with Crippen LogP contribution in [0.2, 0.25) is 0 Å². The van der Waals surface area contributed by atoms with Gasteiger partial charge >= 0.3 is 5.76 Å². The normalized spacial score (nSPS) is 10.9. The van der Waals surface area contributed by atoms with Crippen LogP contribution < -0.4 is 11.1 Å². The first-order valence-electron chi connectivity index (χ1n) is 9.46. The molecule has 7 nitrogen and oxygen atoms in total. The van der Waals surface area contributed by atoms with Crippen molar-refractivity contribution < 1.29 is 14.0 Å². The fourth-order valence-electron chi connectivity index (χ4n) is 3.48. The van der Waals surface area contributed by atoms with E-state index in [2.05, 4.69) is 5.32 Å². The quantitative estimate of drug-likeness (QED) is 0.695. The lowest BCUT2D eigenvalue weighted by atomic mass is 10.1. The number of amides is 2. The maximum Gasteiger partial charge on any atom is 0.419 e. The van der Waals surface area contributed by atoms with E-state index in [1.807, 2.05) is 32.9 Å². The van der Waals surface area contributed by atoms with Crippen LogP contribution in [0.25, 0.3) is 11.1 Å². The van der Waals surface area contributed by atoms with E-state index in [0.717, 1.165) is 22.4 Å². The maximum absolute atomic E-state index is 12.5. The van der Waals surface area contributed by atoms with E-state index in [1.165, 1.54) is 9.47 Å². The Bertz CT molecular complexity index is 1100. The van der Waals surface area contributed by atoms with Crippen molar-refractivity contribution in [3.63, 3.8) is 0 Å². The average Bonchev–Trinajstić information content (AvgIpc) is 2.97. The van der Waals surface area contributed by atoms with Gasteiger partial charge in [-0.15, -0.1) is 0 Å². The van der Waals surface area contributed by atoms with E-state index in [9.17, 15) is 14.4 Å². The number of aryl methyl sites for hydroxylation is 4. The summed E-state index contributed by atoms with van der Waals surface area (Å²) in [5.74, 6) is -0.985. The molecule has 7 heteroatoms. The van der Waals surface area contributed by atoms with Gasteiger partial charge in [-0.25, -0.2) is 4.79 Å². The SMILES string of the molecule is Cc1cc(C)c(NC(=O)CN(C)C(=O)CCn2c(=O)oc3ccccc32)c(C)c1. The molecule has 152 valence electrons. The third kappa shape index (κ3) is 4.56. The summed E-state index contributed by atoms with van der Waals surface area (Å²) in [4.78, 5) is 38.2. The third-order valence-corrected chi connectivity index (χ3v) is 4.87. The highest BCUT2D eigenvalue weighted by molar-refractivity contribution is 5.95. The first-order chi connectivity index (χ1) is 13.8. The number of nitrogens with one attached hydrogen (secondary N) is 1. The summed E-state index contributed by atoms with van der Waals surface area (Å²) in [6.07, 6.45) is 0.0931. The van der Waals surface area contributed by atoms with E-state index in [0.29, 0.717) is 11.1 Å². The molecule has 0 radical (unpaired) electrons. The van der Waals surface area contributed by atoms with Crippen molar-refractivity contribution in [2.45, 2.75) is 33.7 Å². The Hall–Kier alpha value is -3.35. The number of hydrogen-bond acceptors (Lipinski definition) is 4. The lowest BCUT2D eigenvalue weighted by Gasteiger charge is -2.18. The lowest BCUT2D eigenvalue weighted by molar-refractivity contribution is -0.133. The molecule has 3 aromatic rings. The number of carbonyl (C=O) groups is 2. The maximum atomic E-state index is 12.5. The zero-order chi connectivity index (χ0) is 21.1. The molecule has 1 heterocycles. The number of rotatable bonds is 6. The molecule has 0 bridgehead atoms. The molecule has 0 aliphatic carbocycles. The van der Waals surface area contributed by atoms with Crippen LogP contribution >= 0.6 is 0 Å². The molecule has 29 heavy (non-hydrogen) atoms. The van der Waals surface area contributed by atoms with Gasteiger partial charge in [0.2, 0.25) is 11.8 Å². The molecule has 0 aliphatic rings. The highest BCUT2D eigenvalue weighted by atomic mass is 16.4. The Morgan fingerprint density at radius 3 is 2.45 bits per heavy atom. The van der Waals surface area contributed by atoms with E-state index < -0.39 is 5.76 Å². The molecule has 1 aromatic heterocycles. The summed E-state index contributed by atoms with van der Waals surface area (Å²) in [6.45, 7) is 6.02. The van der Waals surface area contributed by atoms with Crippen molar-refractivity contribution >= 4 is 28.6 Å². The summed E-state index contributed by atoms with van der Waals surface area (Å²) in [5.41, 5.74) is 5.01. The summed E-state index contributed by atoms with van der Waals surface area (Å²) < 4.78 is 6.60. The lowest BCUT2D eigenvalue weighted by Crippen LogP contribution is -2.35. The molecule has 0 spiro atoms. The van der Waals surface area contributed by atoms with Gasteiger partial charge in [0.05, 0.1) is 12.1 Å². The Morgan fingerprint density at radius 1 is 1.10 bits per heavy atom. The van der Waals surface area contributed by atoms with Crippen LogP contribution in [0.3, 0.4) is 0 Å². The second-order valence-electron chi connectivity index (χ2n) is 7.31. The molecule has 0 unspecified atom stereocenters. The second kappa shape index (κ2) is 8.34. The predicted octanol–water partition coefficient (Wildman–Crippen LogP) is 3.01. The minimum absolute atomic E-state index is 0.0629. The number of fused-ring (bicyclic) bond motifs is 1. The van der Waals surface area contributed by atoms with Crippen molar-refractivity contribution in [3.05, 3.63) is 63.6 Å². The largest absolute Gasteiger partial charge is 0.419 e. The van der Waals surface area contributed by atoms with Crippen LogP contribution in [0.5, 0.6) is 0 Å². The number of para-hydroxylation sites is 2. The molecule has 1 N–H and O–H groups in total. The fraction of sp³-hybridized carbons (Fsp3) is 0.318. The number of aromatic nitrogens is 1. The van der Waals surface area contributed by atoms with Gasteiger partial charge in [-0.1, -0.05) is 29.8 Å². The number of anilines is 1. The van der Waals surface area contributed by atoms with Gasteiger partial charge in [0.15, 0.2) is 5.58 Å². The second-order valence-corrected chi connectivity index (χ2v) is 7.31. The van der Waals surface area contributed by atoms with E-state index in [1.54, 1.807) is 31.3 Å². The van der Waals surface area contributed by atoms with Crippen LogP contribution in [0.15, 0.2) is 45.6 Å². The molecule has 0 fully saturated rings. The van der Waals surface area contributed by atoms with Gasteiger partial charge in [0, 0.05) is 25.7 Å². The third-order valence-electron chi connectivity index (χ3n) is 4.87. The molecule has 0 saturated carbocycles. The summed E-state index contributed by atoms with van der Waals surface area (Å²) >= 11 is 0. The van der Waals surface area contributed by atoms with Gasteiger partial charge < -0.3 is 14.6 Å². The predicted molar refractivity (Wildman–Crippen MR) is 112 cm³/mol. The van der Waals surface area contributed by atoms with Crippen molar-refractivity contribution in [3.8, 4) is 0 Å². The highest BCUT2D eigenvalue weighted by Crippen LogP contribution is 2.21. The smallest absolute Gasteiger partial charge is 0.408 e. The Kier molecular flexibility index (Phi) is 5.87. The summed E-state index contributed by atoms with van der Waals surface area (Å²) in [6, 6.07) is 11.1. The number of nitrogens with zero attached hydrogens (tertiary/aromatic N) is 2. The monoisotopic (exact) mass is 395 g/mol. The number of hydrogen-bond donors (Lipinski definition) is 1. The number of likely N-dealkylation sites (N-methyl/N-ethyl adjacent to an activating group) is 1. The minimum atomic E-state index is -0.496. The highest BCUT2D eigenvalue weighted by Gasteiger charge is 2.16. The summed E-state index contributed by atoms with van der Waals surface area (Å²) in [7, 11) is 1.58. The van der Waals surface area contributed by atoms with Crippen LogP contribution in [0, 0.1) is 20.8 Å². The van der Waals surface area contributed by atoms with E-state index >= 15 is 0 Å². The molecular weight excluding hydrogens is 370 g/mol. The molecule has 0 saturated heterocycles. The van der Waals surface area contributed by atoms with E-state index in [4.69, 9.17) is 4.42 Å². The number of carbonyl (C=O) groups excluding carboxylic acids is 2. The molecule has 2 aromatic carbocycles. The van der Waals surface area contributed by atoms with Crippen LogP contribution in [0.4, 0.5) is 5.69 Å². The standard InChI is InChI=1S/C22H25N3O4/c1-14-11-15(2)21(16(3)12-14)23-19(26)13-24(4)20(27)9-10-25-17-7-5-6-8-18(17)29-22(25)28/h5-8,11-12H,9-10,13H2,1-4H3,(H,23,26). The molecule has 0 atom stereocenters. The molecule has 0 aliphatic heterocycles. The van der Waals surface area contributed by atoms with Crippen molar-refractivity contribution in [1.82, 2.24) is 9.47 Å². The molecular formula is C22H25N3O4. The van der Waals surface area contributed by atoms with Crippen molar-refractivity contribution in [2.75, 3.05) is 18.9 Å². The summed E-state index contributed by atoms with van der Waals surface area (Å²) in [5, 5.41) is 2.89. The van der Waals surface area contributed by atoms with Gasteiger partial charge in [-0.05, 0) is 44.0 Å². The Labute approximate surface area is 168 Å². The van der Waals surface area contributed by atoms with Gasteiger partial charge in [0.1, 0.15) is 0 Å². The van der Waals surface area contributed by atoms with Crippen LogP contribution in [-0.2, 0) is 16.1 Å². The van der Waals surface area contributed by atoms with Crippen LogP contribution in [0.1, 0.15) is 23.1 Å². The first kappa shape index (κ1) is 20.4. The number of benzene rings is 2. The fourth-order valence-corrected chi connectivity index (χ4v) is 3.48. The average molecular weight is 395 g/mol. The van der Waals surface area contributed by atoms with Gasteiger partial charge in [-0.2, -0.15) is 0 Å². The van der Waals surface area contributed by atoms with Gasteiger partial charge in [-0.3, -0.25) is 14.2 Å². The van der Waals surface area contributed by atoms with Crippen molar-refractivity contribution in [1.29, 1.82) is 0 Å². The van der Waals surface area contributed by atoms with Crippen LogP contribution in [-0.4, -0.2) is 34.9 Å². The van der Waals surface area contributed by atoms with Crippen molar-refractivity contribution in [2.24, 2.45) is 0 Å². The molecule has 2 amide bonds. The topological polar surface area (TPSA) is 84.5 Å². The zero-order valence-electron chi connectivity index (χ0n) is 17.1. The Morgan fingerprint density at radius 2 is 1.76 bits per heavy atom. The molecule has 3 rings (SSSR count).